The van der Waals surface area contributed by atoms with Crippen molar-refractivity contribution in [1.82, 2.24) is 10.2 Å². The molecule has 1 rings (SSSR count). The molecule has 0 saturated carbocycles. The third-order valence-corrected chi connectivity index (χ3v) is 2.69. The number of rotatable bonds is 8. The zero-order chi connectivity index (χ0) is 12.5. The number of hydrogen-bond acceptors (Lipinski definition) is 3. The number of unbranched alkanes of at least 4 members (excludes halogenated alkanes) is 3. The Labute approximate surface area is 103 Å². The van der Waals surface area contributed by atoms with E-state index in [9.17, 15) is 4.79 Å². The molecule has 1 aromatic rings. The van der Waals surface area contributed by atoms with Crippen LogP contribution in [-0.4, -0.2) is 22.3 Å². The fraction of sp³-hybridized carbons (Fsp3) is 0.692. The highest BCUT2D eigenvalue weighted by atomic mass is 16.5. The fourth-order valence-corrected chi connectivity index (χ4v) is 1.72. The standard InChI is InChI=1S/C13H22N2O2/c1-3-4-5-6-7-11(2)17-13(16)10-12-8-9-14-15-12/h8-9,11H,3-7,10H2,1-2H3,(H,14,15). The Morgan fingerprint density at radius 2 is 2.29 bits per heavy atom. The van der Waals surface area contributed by atoms with Crippen molar-refractivity contribution in [3.8, 4) is 0 Å². The van der Waals surface area contributed by atoms with Crippen molar-refractivity contribution in [1.29, 1.82) is 0 Å². The number of H-pyrrole nitrogens is 1. The summed E-state index contributed by atoms with van der Waals surface area (Å²) in [5.74, 6) is -0.183. The van der Waals surface area contributed by atoms with E-state index in [0.717, 1.165) is 18.5 Å². The van der Waals surface area contributed by atoms with Crippen molar-refractivity contribution in [2.24, 2.45) is 0 Å². The molecule has 0 aliphatic carbocycles. The number of esters is 1. The van der Waals surface area contributed by atoms with Gasteiger partial charge in [0, 0.05) is 11.9 Å². The molecule has 1 unspecified atom stereocenters. The summed E-state index contributed by atoms with van der Waals surface area (Å²) in [7, 11) is 0. The largest absolute Gasteiger partial charge is 0.462 e. The first-order chi connectivity index (χ1) is 8.22. The molecule has 0 aliphatic heterocycles. The first-order valence-electron chi connectivity index (χ1n) is 6.40. The van der Waals surface area contributed by atoms with Crippen LogP contribution in [0, 0.1) is 0 Å². The Morgan fingerprint density at radius 1 is 1.47 bits per heavy atom. The van der Waals surface area contributed by atoms with E-state index in [-0.39, 0.29) is 18.5 Å². The number of carbonyl (C=O) groups excluding carboxylic acids is 1. The third kappa shape index (κ3) is 6.09. The van der Waals surface area contributed by atoms with Crippen LogP contribution in [0.4, 0.5) is 0 Å². The Kier molecular flexibility index (Phi) is 6.37. The topological polar surface area (TPSA) is 55.0 Å². The van der Waals surface area contributed by atoms with Gasteiger partial charge in [-0.3, -0.25) is 9.89 Å². The van der Waals surface area contributed by atoms with Gasteiger partial charge in [-0.2, -0.15) is 5.10 Å². The molecule has 0 spiro atoms. The van der Waals surface area contributed by atoms with Gasteiger partial charge in [-0.25, -0.2) is 0 Å². The minimum absolute atomic E-state index is 0.0160. The van der Waals surface area contributed by atoms with Gasteiger partial charge in [0.2, 0.25) is 0 Å². The van der Waals surface area contributed by atoms with Crippen LogP contribution in [0.15, 0.2) is 12.3 Å². The minimum Gasteiger partial charge on any atom is -0.462 e. The first kappa shape index (κ1) is 13.7. The van der Waals surface area contributed by atoms with Crippen LogP contribution >= 0.6 is 0 Å². The maximum absolute atomic E-state index is 11.5. The maximum Gasteiger partial charge on any atom is 0.312 e. The summed E-state index contributed by atoms with van der Waals surface area (Å²) in [6.07, 6.45) is 7.72. The summed E-state index contributed by atoms with van der Waals surface area (Å²) in [5, 5.41) is 6.54. The van der Waals surface area contributed by atoms with Crippen molar-refractivity contribution in [3.63, 3.8) is 0 Å². The summed E-state index contributed by atoms with van der Waals surface area (Å²) < 4.78 is 5.32. The van der Waals surface area contributed by atoms with Gasteiger partial charge in [0.1, 0.15) is 0 Å². The summed E-state index contributed by atoms with van der Waals surface area (Å²) in [4.78, 5) is 11.5. The lowest BCUT2D eigenvalue weighted by Crippen LogP contribution is -2.16. The summed E-state index contributed by atoms with van der Waals surface area (Å²) >= 11 is 0. The van der Waals surface area contributed by atoms with Crippen molar-refractivity contribution < 1.29 is 9.53 Å². The van der Waals surface area contributed by atoms with Gasteiger partial charge < -0.3 is 4.74 Å². The third-order valence-electron chi connectivity index (χ3n) is 2.69. The molecule has 0 amide bonds. The molecular weight excluding hydrogens is 216 g/mol. The molecule has 1 heterocycles. The van der Waals surface area contributed by atoms with E-state index in [1.807, 2.05) is 6.92 Å². The van der Waals surface area contributed by atoms with E-state index >= 15 is 0 Å². The average Bonchev–Trinajstić information content (AvgIpc) is 2.77. The molecule has 1 atom stereocenters. The van der Waals surface area contributed by atoms with E-state index in [2.05, 4.69) is 17.1 Å². The summed E-state index contributed by atoms with van der Waals surface area (Å²) in [6.45, 7) is 4.14. The molecule has 0 radical (unpaired) electrons. The monoisotopic (exact) mass is 238 g/mol. The fourth-order valence-electron chi connectivity index (χ4n) is 1.72. The lowest BCUT2D eigenvalue weighted by molar-refractivity contribution is -0.147. The molecule has 17 heavy (non-hydrogen) atoms. The molecule has 4 heteroatoms. The van der Waals surface area contributed by atoms with Gasteiger partial charge in [0.15, 0.2) is 0 Å². The van der Waals surface area contributed by atoms with Crippen molar-refractivity contribution in [2.75, 3.05) is 0 Å². The second kappa shape index (κ2) is 7.87. The Balaban J connectivity index is 2.13. The number of aromatic nitrogens is 2. The molecule has 0 aliphatic rings. The van der Waals surface area contributed by atoms with Crippen molar-refractivity contribution in [2.45, 2.75) is 58.5 Å². The molecule has 1 aromatic heterocycles. The van der Waals surface area contributed by atoms with E-state index in [1.54, 1.807) is 12.3 Å². The van der Waals surface area contributed by atoms with Crippen LogP contribution in [0.5, 0.6) is 0 Å². The van der Waals surface area contributed by atoms with Crippen LogP contribution in [0.25, 0.3) is 0 Å². The second-order valence-electron chi connectivity index (χ2n) is 4.41. The number of nitrogens with one attached hydrogen (secondary N) is 1. The smallest absolute Gasteiger partial charge is 0.312 e. The Bertz CT molecular complexity index is 309. The number of carbonyl (C=O) groups is 1. The normalized spacial score (nSPS) is 12.4. The molecule has 1 N–H and O–H groups in total. The van der Waals surface area contributed by atoms with Crippen LogP contribution < -0.4 is 0 Å². The number of ether oxygens (including phenoxy) is 1. The van der Waals surface area contributed by atoms with E-state index < -0.39 is 0 Å². The van der Waals surface area contributed by atoms with Gasteiger partial charge in [0.05, 0.1) is 12.5 Å². The maximum atomic E-state index is 11.5. The SMILES string of the molecule is CCCCCCC(C)OC(=O)Cc1ccn[nH]1. The van der Waals surface area contributed by atoms with Crippen molar-refractivity contribution >= 4 is 5.97 Å². The molecule has 0 fully saturated rings. The molecular formula is C13H22N2O2. The average molecular weight is 238 g/mol. The second-order valence-corrected chi connectivity index (χ2v) is 4.41. The quantitative estimate of drug-likeness (QED) is 0.559. The highest BCUT2D eigenvalue weighted by Crippen LogP contribution is 2.08. The molecule has 0 bridgehead atoms. The zero-order valence-corrected chi connectivity index (χ0v) is 10.7. The molecule has 0 aromatic carbocycles. The van der Waals surface area contributed by atoms with Gasteiger partial charge in [-0.05, 0) is 25.8 Å². The predicted octanol–water partition coefficient (Wildman–Crippen LogP) is 2.85. The van der Waals surface area contributed by atoms with Gasteiger partial charge >= 0.3 is 5.97 Å². The molecule has 0 saturated heterocycles. The van der Waals surface area contributed by atoms with E-state index in [1.165, 1.54) is 19.3 Å². The highest BCUT2D eigenvalue weighted by molar-refractivity contribution is 5.72. The highest BCUT2D eigenvalue weighted by Gasteiger charge is 2.10. The van der Waals surface area contributed by atoms with Gasteiger partial charge in [-0.1, -0.05) is 26.2 Å². The molecule has 4 nitrogen and oxygen atoms in total. The van der Waals surface area contributed by atoms with Crippen LogP contribution in [0.2, 0.25) is 0 Å². The van der Waals surface area contributed by atoms with E-state index in [0.29, 0.717) is 0 Å². The van der Waals surface area contributed by atoms with Crippen LogP contribution in [0.3, 0.4) is 0 Å². The number of hydrogen-bond donors (Lipinski definition) is 1. The van der Waals surface area contributed by atoms with Crippen molar-refractivity contribution in [3.05, 3.63) is 18.0 Å². The lowest BCUT2D eigenvalue weighted by atomic mass is 10.1. The Hall–Kier alpha value is -1.32. The first-order valence-corrected chi connectivity index (χ1v) is 6.40. The lowest BCUT2D eigenvalue weighted by Gasteiger charge is -2.12. The summed E-state index contributed by atoms with van der Waals surface area (Å²) in [5.41, 5.74) is 0.799. The predicted molar refractivity (Wildman–Crippen MR) is 66.6 cm³/mol. The Morgan fingerprint density at radius 3 is 2.94 bits per heavy atom. The minimum atomic E-state index is -0.183. The number of aromatic amines is 1. The number of nitrogens with zero attached hydrogens (tertiary/aromatic N) is 1. The van der Waals surface area contributed by atoms with Gasteiger partial charge in [-0.15, -0.1) is 0 Å². The van der Waals surface area contributed by atoms with E-state index in [4.69, 9.17) is 4.74 Å². The summed E-state index contributed by atoms with van der Waals surface area (Å²) in [6, 6.07) is 1.78. The van der Waals surface area contributed by atoms with Gasteiger partial charge in [0.25, 0.3) is 0 Å². The zero-order valence-electron chi connectivity index (χ0n) is 10.7. The van der Waals surface area contributed by atoms with Crippen LogP contribution in [-0.2, 0) is 16.0 Å². The molecule has 96 valence electrons. The van der Waals surface area contributed by atoms with Crippen LogP contribution in [0.1, 0.15) is 51.6 Å².